The van der Waals surface area contributed by atoms with E-state index >= 15 is 0 Å². The maximum absolute atomic E-state index is 11.5. The highest BCUT2D eigenvalue weighted by atomic mass is 16.6. The van der Waals surface area contributed by atoms with Gasteiger partial charge in [-0.2, -0.15) is 0 Å². The largest absolute Gasteiger partial charge is 0.453 e. The smallest absolute Gasteiger partial charge is 0.411 e. The predicted molar refractivity (Wildman–Crippen MR) is 71.2 cm³/mol. The number of hydrogen-bond acceptors (Lipinski definition) is 4. The SMILES string of the molecule is COC(=O)NCC(C)OC(=O)Nc1ccc(C)cc1. The summed E-state index contributed by atoms with van der Waals surface area (Å²) in [5.74, 6) is 0. The van der Waals surface area contributed by atoms with Gasteiger partial charge in [0.05, 0.1) is 13.7 Å². The normalized spacial score (nSPS) is 11.3. The molecule has 2 N–H and O–H groups in total. The zero-order chi connectivity index (χ0) is 14.3. The number of benzene rings is 1. The molecule has 1 aromatic rings. The van der Waals surface area contributed by atoms with Crippen LogP contribution in [0.5, 0.6) is 0 Å². The molecule has 0 heterocycles. The first-order valence-corrected chi connectivity index (χ1v) is 5.87. The van der Waals surface area contributed by atoms with E-state index in [1.54, 1.807) is 19.1 Å². The number of carbonyl (C=O) groups excluding carboxylic acids is 2. The van der Waals surface area contributed by atoms with E-state index in [0.717, 1.165) is 5.56 Å². The Labute approximate surface area is 112 Å². The lowest BCUT2D eigenvalue weighted by Crippen LogP contribution is -2.34. The summed E-state index contributed by atoms with van der Waals surface area (Å²) in [4.78, 5) is 22.4. The molecule has 0 aliphatic rings. The van der Waals surface area contributed by atoms with E-state index in [9.17, 15) is 9.59 Å². The third-order valence-electron chi connectivity index (χ3n) is 2.33. The van der Waals surface area contributed by atoms with Crippen molar-refractivity contribution in [3.8, 4) is 0 Å². The second kappa shape index (κ2) is 7.25. The molecular formula is C13H18N2O4. The Balaban J connectivity index is 2.34. The van der Waals surface area contributed by atoms with Crippen LogP contribution >= 0.6 is 0 Å². The number of amides is 2. The molecule has 0 fully saturated rings. The summed E-state index contributed by atoms with van der Waals surface area (Å²) in [6.45, 7) is 3.82. The molecule has 0 aliphatic carbocycles. The van der Waals surface area contributed by atoms with Crippen molar-refractivity contribution in [2.45, 2.75) is 20.0 Å². The second-order valence-corrected chi connectivity index (χ2v) is 4.08. The van der Waals surface area contributed by atoms with Gasteiger partial charge >= 0.3 is 12.2 Å². The predicted octanol–water partition coefficient (Wildman–Crippen LogP) is 2.29. The average Bonchev–Trinajstić information content (AvgIpc) is 2.38. The fourth-order valence-corrected chi connectivity index (χ4v) is 1.31. The summed E-state index contributed by atoms with van der Waals surface area (Å²) < 4.78 is 9.47. The monoisotopic (exact) mass is 266 g/mol. The zero-order valence-corrected chi connectivity index (χ0v) is 11.2. The van der Waals surface area contributed by atoms with Crippen molar-refractivity contribution >= 4 is 17.9 Å². The summed E-state index contributed by atoms with van der Waals surface area (Å²) in [6.07, 6.45) is -1.58. The van der Waals surface area contributed by atoms with E-state index in [2.05, 4.69) is 15.4 Å². The number of alkyl carbamates (subject to hydrolysis) is 1. The fraction of sp³-hybridized carbons (Fsp3) is 0.385. The third-order valence-corrected chi connectivity index (χ3v) is 2.33. The van der Waals surface area contributed by atoms with Gasteiger partial charge in [0, 0.05) is 5.69 Å². The van der Waals surface area contributed by atoms with Gasteiger partial charge in [-0.05, 0) is 26.0 Å². The molecule has 0 spiro atoms. The first-order valence-electron chi connectivity index (χ1n) is 5.87. The van der Waals surface area contributed by atoms with Crippen LogP contribution in [-0.2, 0) is 9.47 Å². The number of ether oxygens (including phenoxy) is 2. The zero-order valence-electron chi connectivity index (χ0n) is 11.2. The molecule has 0 bridgehead atoms. The fourth-order valence-electron chi connectivity index (χ4n) is 1.31. The van der Waals surface area contributed by atoms with Crippen LogP contribution in [0.4, 0.5) is 15.3 Å². The highest BCUT2D eigenvalue weighted by Gasteiger charge is 2.10. The second-order valence-electron chi connectivity index (χ2n) is 4.08. The molecule has 2 amide bonds. The molecule has 0 saturated heterocycles. The van der Waals surface area contributed by atoms with Gasteiger partial charge in [-0.15, -0.1) is 0 Å². The summed E-state index contributed by atoms with van der Waals surface area (Å²) in [6, 6.07) is 7.34. The summed E-state index contributed by atoms with van der Waals surface area (Å²) in [7, 11) is 1.27. The molecule has 19 heavy (non-hydrogen) atoms. The Morgan fingerprint density at radius 1 is 1.21 bits per heavy atom. The van der Waals surface area contributed by atoms with Gasteiger partial charge < -0.3 is 14.8 Å². The Kier molecular flexibility index (Phi) is 5.66. The first-order chi connectivity index (χ1) is 9.01. The van der Waals surface area contributed by atoms with Crippen molar-refractivity contribution < 1.29 is 19.1 Å². The van der Waals surface area contributed by atoms with E-state index in [1.165, 1.54) is 7.11 Å². The molecular weight excluding hydrogens is 248 g/mol. The van der Waals surface area contributed by atoms with E-state index in [0.29, 0.717) is 5.69 Å². The van der Waals surface area contributed by atoms with Crippen LogP contribution in [0.25, 0.3) is 0 Å². The number of anilines is 1. The number of rotatable bonds is 4. The molecule has 0 aromatic heterocycles. The lowest BCUT2D eigenvalue weighted by Gasteiger charge is -2.14. The quantitative estimate of drug-likeness (QED) is 0.876. The molecule has 104 valence electrons. The summed E-state index contributed by atoms with van der Waals surface area (Å²) >= 11 is 0. The van der Waals surface area contributed by atoms with Crippen LogP contribution in [0.2, 0.25) is 0 Å². The molecule has 6 nitrogen and oxygen atoms in total. The lowest BCUT2D eigenvalue weighted by atomic mass is 10.2. The molecule has 0 saturated carbocycles. The van der Waals surface area contributed by atoms with Crippen LogP contribution in [0.15, 0.2) is 24.3 Å². The van der Waals surface area contributed by atoms with Crippen molar-refractivity contribution in [2.24, 2.45) is 0 Å². The van der Waals surface area contributed by atoms with Crippen LogP contribution in [-0.4, -0.2) is 31.9 Å². The molecule has 6 heteroatoms. The van der Waals surface area contributed by atoms with Gasteiger partial charge in [0.1, 0.15) is 6.10 Å². The summed E-state index contributed by atoms with van der Waals surface area (Å²) in [5.41, 5.74) is 1.76. The maximum atomic E-state index is 11.5. The van der Waals surface area contributed by atoms with E-state index in [4.69, 9.17) is 4.74 Å². The van der Waals surface area contributed by atoms with Crippen molar-refractivity contribution in [3.63, 3.8) is 0 Å². The molecule has 1 unspecified atom stereocenters. The minimum atomic E-state index is -0.567. The minimum absolute atomic E-state index is 0.188. The van der Waals surface area contributed by atoms with Crippen molar-refractivity contribution in [3.05, 3.63) is 29.8 Å². The Morgan fingerprint density at radius 3 is 2.42 bits per heavy atom. The van der Waals surface area contributed by atoms with E-state index in [1.807, 2.05) is 19.1 Å². The van der Waals surface area contributed by atoms with Crippen molar-refractivity contribution in [2.75, 3.05) is 19.0 Å². The van der Waals surface area contributed by atoms with Gasteiger partial charge in [0.2, 0.25) is 0 Å². The first kappa shape index (κ1) is 14.8. The van der Waals surface area contributed by atoms with Gasteiger partial charge in [0.25, 0.3) is 0 Å². The molecule has 0 aliphatic heterocycles. The van der Waals surface area contributed by atoms with Crippen molar-refractivity contribution in [1.29, 1.82) is 0 Å². The Morgan fingerprint density at radius 2 is 1.84 bits per heavy atom. The van der Waals surface area contributed by atoms with Gasteiger partial charge in [-0.25, -0.2) is 9.59 Å². The lowest BCUT2D eigenvalue weighted by molar-refractivity contribution is 0.115. The highest BCUT2D eigenvalue weighted by molar-refractivity contribution is 5.84. The van der Waals surface area contributed by atoms with Crippen LogP contribution in [0.1, 0.15) is 12.5 Å². The minimum Gasteiger partial charge on any atom is -0.453 e. The maximum Gasteiger partial charge on any atom is 0.411 e. The number of aryl methyl sites for hydroxylation is 1. The summed E-state index contributed by atoms with van der Waals surface area (Å²) in [5, 5.41) is 5.04. The van der Waals surface area contributed by atoms with Crippen molar-refractivity contribution in [1.82, 2.24) is 5.32 Å². The number of carbonyl (C=O) groups is 2. The number of methoxy groups -OCH3 is 1. The van der Waals surface area contributed by atoms with E-state index in [-0.39, 0.29) is 6.54 Å². The van der Waals surface area contributed by atoms with Crippen LogP contribution in [0, 0.1) is 6.92 Å². The van der Waals surface area contributed by atoms with Gasteiger partial charge in [-0.3, -0.25) is 5.32 Å². The highest BCUT2D eigenvalue weighted by Crippen LogP contribution is 2.09. The molecule has 1 atom stereocenters. The topological polar surface area (TPSA) is 76.7 Å². The molecule has 1 aromatic carbocycles. The van der Waals surface area contributed by atoms with Gasteiger partial charge in [0.15, 0.2) is 0 Å². The molecule has 1 rings (SSSR count). The standard InChI is InChI=1S/C13H18N2O4/c1-9-4-6-11(7-5-9)15-13(17)19-10(2)8-14-12(16)18-3/h4-7,10H,8H2,1-3H3,(H,14,16)(H,15,17). The van der Waals surface area contributed by atoms with Gasteiger partial charge in [-0.1, -0.05) is 17.7 Å². The number of nitrogens with one attached hydrogen (secondary N) is 2. The van der Waals surface area contributed by atoms with Crippen LogP contribution in [0.3, 0.4) is 0 Å². The van der Waals surface area contributed by atoms with E-state index < -0.39 is 18.3 Å². The van der Waals surface area contributed by atoms with Crippen LogP contribution < -0.4 is 10.6 Å². The average molecular weight is 266 g/mol. The Hall–Kier alpha value is -2.24. The third kappa shape index (κ3) is 5.76. The molecule has 0 radical (unpaired) electrons. The number of hydrogen-bond donors (Lipinski definition) is 2. The Bertz CT molecular complexity index is 431.